The quantitative estimate of drug-likeness (QED) is 0.925. The van der Waals surface area contributed by atoms with E-state index in [0.29, 0.717) is 19.4 Å². The van der Waals surface area contributed by atoms with Crippen molar-refractivity contribution in [2.45, 2.75) is 18.9 Å². The molecule has 0 radical (unpaired) electrons. The molecule has 2 aromatic rings. The Morgan fingerprint density at radius 3 is 2.56 bits per heavy atom. The molecule has 0 unspecified atom stereocenters. The van der Waals surface area contributed by atoms with Crippen LogP contribution >= 0.6 is 0 Å². The van der Waals surface area contributed by atoms with Gasteiger partial charge in [-0.15, -0.1) is 0 Å². The van der Waals surface area contributed by atoms with Gasteiger partial charge in [-0.3, -0.25) is 9.59 Å². The first kappa shape index (κ1) is 17.0. The lowest BCUT2D eigenvalue weighted by Crippen LogP contribution is -2.43. The van der Waals surface area contributed by atoms with Crippen LogP contribution in [0.1, 0.15) is 23.2 Å². The van der Waals surface area contributed by atoms with Crippen LogP contribution in [0.3, 0.4) is 0 Å². The number of nitrogens with zero attached hydrogens (tertiary/aromatic N) is 1. The number of carbonyl (C=O) groups excluding carboxylic acids is 2. The normalized spacial score (nSPS) is 16.8. The number of benzene rings is 2. The second-order valence-corrected chi connectivity index (χ2v) is 5.79. The minimum absolute atomic E-state index is 0.106. The van der Waals surface area contributed by atoms with Crippen molar-refractivity contribution in [1.82, 2.24) is 4.90 Å². The molecule has 1 atom stereocenters. The van der Waals surface area contributed by atoms with E-state index in [1.54, 1.807) is 0 Å². The largest absolute Gasteiger partial charge is 0.327 e. The molecule has 0 bridgehead atoms. The van der Waals surface area contributed by atoms with Gasteiger partial charge in [0.15, 0.2) is 11.6 Å². The molecule has 0 aliphatic carbocycles. The summed E-state index contributed by atoms with van der Waals surface area (Å²) in [6.07, 6.45) is 1.06. The third kappa shape index (κ3) is 3.65. The second-order valence-electron chi connectivity index (χ2n) is 5.79. The van der Waals surface area contributed by atoms with E-state index in [2.05, 4.69) is 5.32 Å². The minimum Gasteiger partial charge on any atom is -0.327 e. The minimum atomic E-state index is -1.07. The summed E-state index contributed by atoms with van der Waals surface area (Å²) in [4.78, 5) is 26.3. The molecule has 1 N–H and O–H groups in total. The van der Waals surface area contributed by atoms with Gasteiger partial charge in [0.25, 0.3) is 5.91 Å². The zero-order valence-electron chi connectivity index (χ0n) is 13.1. The topological polar surface area (TPSA) is 49.4 Å². The molecule has 130 valence electrons. The van der Waals surface area contributed by atoms with Crippen LogP contribution in [0.2, 0.25) is 0 Å². The highest BCUT2D eigenvalue weighted by Gasteiger charge is 2.34. The van der Waals surface area contributed by atoms with E-state index in [1.807, 2.05) is 0 Å². The van der Waals surface area contributed by atoms with Crippen LogP contribution in [-0.2, 0) is 4.79 Å². The maximum atomic E-state index is 13.3. The highest BCUT2D eigenvalue weighted by Crippen LogP contribution is 2.22. The van der Waals surface area contributed by atoms with Gasteiger partial charge in [-0.05, 0) is 43.2 Å². The van der Waals surface area contributed by atoms with E-state index in [1.165, 1.54) is 29.2 Å². The SMILES string of the molecule is O=C(Nc1ccc(F)c(F)c1)[C@H]1CCCN1C(=O)c1cccc(F)c1. The first-order chi connectivity index (χ1) is 12.0. The smallest absolute Gasteiger partial charge is 0.254 e. The van der Waals surface area contributed by atoms with Crippen molar-refractivity contribution < 1.29 is 22.8 Å². The molecular weight excluding hydrogens is 333 g/mol. The van der Waals surface area contributed by atoms with Crippen LogP contribution in [0.25, 0.3) is 0 Å². The van der Waals surface area contributed by atoms with Crippen molar-refractivity contribution in [3.63, 3.8) is 0 Å². The Labute approximate surface area is 142 Å². The Morgan fingerprint density at radius 1 is 1.04 bits per heavy atom. The second kappa shape index (κ2) is 6.96. The van der Waals surface area contributed by atoms with Crippen molar-refractivity contribution in [2.75, 3.05) is 11.9 Å². The number of amides is 2. The first-order valence-corrected chi connectivity index (χ1v) is 7.78. The molecule has 7 heteroatoms. The fourth-order valence-electron chi connectivity index (χ4n) is 2.87. The van der Waals surface area contributed by atoms with E-state index < -0.39 is 35.3 Å². The van der Waals surface area contributed by atoms with Crippen molar-refractivity contribution >= 4 is 17.5 Å². The molecule has 0 aromatic heterocycles. The lowest BCUT2D eigenvalue weighted by Gasteiger charge is -2.24. The van der Waals surface area contributed by atoms with Crippen molar-refractivity contribution in [3.8, 4) is 0 Å². The van der Waals surface area contributed by atoms with E-state index >= 15 is 0 Å². The van der Waals surface area contributed by atoms with E-state index in [-0.39, 0.29) is 11.3 Å². The molecule has 3 rings (SSSR count). The van der Waals surface area contributed by atoms with E-state index in [0.717, 1.165) is 18.2 Å². The summed E-state index contributed by atoms with van der Waals surface area (Å²) in [6, 6.07) is 7.53. The summed E-state index contributed by atoms with van der Waals surface area (Å²) in [5.41, 5.74) is 0.265. The molecule has 1 aliphatic heterocycles. The summed E-state index contributed by atoms with van der Waals surface area (Å²) in [5.74, 6) is -3.55. The number of hydrogen-bond acceptors (Lipinski definition) is 2. The van der Waals surface area contributed by atoms with Crippen LogP contribution in [0, 0.1) is 17.5 Å². The Kier molecular flexibility index (Phi) is 4.74. The predicted molar refractivity (Wildman–Crippen MR) is 85.4 cm³/mol. The highest BCUT2D eigenvalue weighted by atomic mass is 19.2. The lowest BCUT2D eigenvalue weighted by molar-refractivity contribution is -0.119. The maximum absolute atomic E-state index is 13.3. The van der Waals surface area contributed by atoms with Crippen LogP contribution < -0.4 is 5.32 Å². The average molecular weight is 348 g/mol. The van der Waals surface area contributed by atoms with Crippen molar-refractivity contribution in [3.05, 3.63) is 65.5 Å². The van der Waals surface area contributed by atoms with E-state index in [4.69, 9.17) is 0 Å². The number of likely N-dealkylation sites (tertiary alicyclic amines) is 1. The number of halogens is 3. The third-order valence-corrected chi connectivity index (χ3v) is 4.08. The number of rotatable bonds is 3. The lowest BCUT2D eigenvalue weighted by atomic mass is 10.1. The summed E-state index contributed by atoms with van der Waals surface area (Å²) in [7, 11) is 0. The molecule has 2 amide bonds. The summed E-state index contributed by atoms with van der Waals surface area (Å²) in [5, 5.41) is 2.49. The zero-order chi connectivity index (χ0) is 18.0. The first-order valence-electron chi connectivity index (χ1n) is 7.78. The highest BCUT2D eigenvalue weighted by molar-refractivity contribution is 6.01. The average Bonchev–Trinajstić information content (AvgIpc) is 3.07. The Bertz CT molecular complexity index is 826. The predicted octanol–water partition coefficient (Wildman–Crippen LogP) is 3.35. The van der Waals surface area contributed by atoms with Gasteiger partial charge < -0.3 is 10.2 Å². The summed E-state index contributed by atoms with van der Waals surface area (Å²) >= 11 is 0. The van der Waals surface area contributed by atoms with Gasteiger partial charge in [0, 0.05) is 23.9 Å². The fourth-order valence-corrected chi connectivity index (χ4v) is 2.87. The molecule has 1 fully saturated rings. The van der Waals surface area contributed by atoms with Gasteiger partial charge in [0.2, 0.25) is 5.91 Å². The maximum Gasteiger partial charge on any atom is 0.254 e. The van der Waals surface area contributed by atoms with Crippen LogP contribution in [0.15, 0.2) is 42.5 Å². The van der Waals surface area contributed by atoms with Gasteiger partial charge >= 0.3 is 0 Å². The van der Waals surface area contributed by atoms with Gasteiger partial charge in [-0.1, -0.05) is 6.07 Å². The van der Waals surface area contributed by atoms with Crippen LogP contribution in [0.4, 0.5) is 18.9 Å². The standard InChI is InChI=1S/C18H15F3N2O2/c19-12-4-1-3-11(9-12)18(25)23-8-2-5-16(23)17(24)22-13-6-7-14(20)15(21)10-13/h1,3-4,6-7,9-10,16H,2,5,8H2,(H,22,24)/t16-/m1/s1. The Morgan fingerprint density at radius 2 is 1.84 bits per heavy atom. The molecule has 0 saturated carbocycles. The molecular formula is C18H15F3N2O2. The van der Waals surface area contributed by atoms with Crippen LogP contribution in [0.5, 0.6) is 0 Å². The number of carbonyl (C=O) groups is 2. The zero-order valence-corrected chi connectivity index (χ0v) is 13.1. The molecule has 1 heterocycles. The summed E-state index contributed by atoms with van der Waals surface area (Å²) in [6.45, 7) is 0.366. The van der Waals surface area contributed by atoms with Crippen LogP contribution in [-0.4, -0.2) is 29.3 Å². The molecule has 1 saturated heterocycles. The fraction of sp³-hybridized carbons (Fsp3) is 0.222. The number of anilines is 1. The number of nitrogens with one attached hydrogen (secondary N) is 1. The Hall–Kier alpha value is -2.83. The van der Waals surface area contributed by atoms with Gasteiger partial charge in [-0.25, -0.2) is 13.2 Å². The monoisotopic (exact) mass is 348 g/mol. The molecule has 2 aromatic carbocycles. The van der Waals surface area contributed by atoms with Crippen molar-refractivity contribution in [1.29, 1.82) is 0 Å². The van der Waals surface area contributed by atoms with Gasteiger partial charge in [0.05, 0.1) is 0 Å². The number of hydrogen-bond donors (Lipinski definition) is 1. The van der Waals surface area contributed by atoms with Gasteiger partial charge in [-0.2, -0.15) is 0 Å². The molecule has 1 aliphatic rings. The third-order valence-electron chi connectivity index (χ3n) is 4.08. The van der Waals surface area contributed by atoms with Crippen molar-refractivity contribution in [2.24, 2.45) is 0 Å². The Balaban J connectivity index is 1.75. The molecule has 4 nitrogen and oxygen atoms in total. The molecule has 25 heavy (non-hydrogen) atoms. The van der Waals surface area contributed by atoms with E-state index in [9.17, 15) is 22.8 Å². The molecule has 0 spiro atoms. The summed E-state index contributed by atoms with van der Waals surface area (Å²) < 4.78 is 39.5. The van der Waals surface area contributed by atoms with Gasteiger partial charge in [0.1, 0.15) is 11.9 Å².